The zero-order chi connectivity index (χ0) is 11.4. The van der Waals surface area contributed by atoms with E-state index in [1.165, 1.54) is 0 Å². The summed E-state index contributed by atoms with van der Waals surface area (Å²) < 4.78 is 11.0. The highest BCUT2D eigenvalue weighted by atomic mass is 79.9. The van der Waals surface area contributed by atoms with Gasteiger partial charge in [0.15, 0.2) is 0 Å². The number of aliphatic hydroxyl groups excluding tert-OH is 1. The summed E-state index contributed by atoms with van der Waals surface area (Å²) in [5.74, 6) is 1.27. The predicted octanol–water partition coefficient (Wildman–Crippen LogP) is 1.46. The van der Waals surface area contributed by atoms with Crippen molar-refractivity contribution in [1.29, 1.82) is 0 Å². The Kier molecular flexibility index (Phi) is 4.38. The van der Waals surface area contributed by atoms with Gasteiger partial charge in [-0.3, -0.25) is 0 Å². The zero-order valence-corrected chi connectivity index (χ0v) is 10.2. The second kappa shape index (κ2) is 5.34. The quantitative estimate of drug-likeness (QED) is 0.873. The number of hydrogen-bond acceptors (Lipinski definition) is 4. The molecule has 5 heteroatoms. The Morgan fingerprint density at radius 2 is 2.07 bits per heavy atom. The van der Waals surface area contributed by atoms with Crippen molar-refractivity contribution in [2.75, 3.05) is 20.8 Å². The molecular formula is C10H14BrNO3. The number of halogens is 1. The molecule has 0 bridgehead atoms. The van der Waals surface area contributed by atoms with Crippen LogP contribution in [0, 0.1) is 0 Å². The fourth-order valence-corrected chi connectivity index (χ4v) is 2.02. The molecule has 1 rings (SSSR count). The predicted molar refractivity (Wildman–Crippen MR) is 61.3 cm³/mol. The minimum atomic E-state index is -0.472. The standard InChI is InChI=1S/C10H14BrNO3/c1-14-6-3-7(11)10(8(12)5-13)9(4-6)15-2/h3-4,8,13H,5,12H2,1-2H3/t8-/m1/s1. The number of methoxy groups -OCH3 is 2. The molecule has 1 atom stereocenters. The van der Waals surface area contributed by atoms with E-state index in [0.29, 0.717) is 11.5 Å². The lowest BCUT2D eigenvalue weighted by atomic mass is 10.1. The lowest BCUT2D eigenvalue weighted by Crippen LogP contribution is -2.16. The third-order valence-corrected chi connectivity index (χ3v) is 2.74. The topological polar surface area (TPSA) is 64.7 Å². The molecule has 84 valence electrons. The third-order valence-electron chi connectivity index (χ3n) is 2.09. The molecule has 0 radical (unpaired) electrons. The number of hydrogen-bond donors (Lipinski definition) is 2. The Hall–Kier alpha value is -0.780. The van der Waals surface area contributed by atoms with Crippen LogP contribution in [0.3, 0.4) is 0 Å². The van der Waals surface area contributed by atoms with E-state index >= 15 is 0 Å². The number of nitrogens with two attached hydrogens (primary N) is 1. The molecule has 0 fully saturated rings. The third kappa shape index (κ3) is 2.62. The summed E-state index contributed by atoms with van der Waals surface area (Å²) in [5, 5.41) is 9.03. The maximum atomic E-state index is 9.03. The molecule has 0 aliphatic carbocycles. The first-order chi connectivity index (χ1) is 7.13. The first kappa shape index (κ1) is 12.3. The number of rotatable bonds is 4. The van der Waals surface area contributed by atoms with Gasteiger partial charge in [0, 0.05) is 16.1 Å². The molecule has 0 amide bonds. The lowest BCUT2D eigenvalue weighted by Gasteiger charge is -2.16. The highest BCUT2D eigenvalue weighted by molar-refractivity contribution is 9.10. The number of aliphatic hydroxyl groups is 1. The van der Waals surface area contributed by atoms with Crippen LogP contribution in [0.25, 0.3) is 0 Å². The van der Waals surface area contributed by atoms with E-state index < -0.39 is 6.04 Å². The van der Waals surface area contributed by atoms with E-state index in [2.05, 4.69) is 15.9 Å². The summed E-state index contributed by atoms with van der Waals surface area (Å²) in [6.45, 7) is -0.138. The first-order valence-corrected chi connectivity index (χ1v) is 5.21. The summed E-state index contributed by atoms with van der Waals surface area (Å²) in [5.41, 5.74) is 6.50. The van der Waals surface area contributed by atoms with Gasteiger partial charge in [-0.2, -0.15) is 0 Å². The number of benzene rings is 1. The van der Waals surface area contributed by atoms with Crippen molar-refractivity contribution in [3.8, 4) is 11.5 Å². The maximum Gasteiger partial charge on any atom is 0.128 e. The van der Waals surface area contributed by atoms with E-state index in [1.807, 2.05) is 0 Å². The summed E-state index contributed by atoms with van der Waals surface area (Å²) in [7, 11) is 3.13. The van der Waals surface area contributed by atoms with E-state index in [-0.39, 0.29) is 6.61 Å². The van der Waals surface area contributed by atoms with Crippen LogP contribution in [0.1, 0.15) is 11.6 Å². The fourth-order valence-electron chi connectivity index (χ4n) is 1.31. The second-order valence-corrected chi connectivity index (χ2v) is 3.87. The monoisotopic (exact) mass is 275 g/mol. The summed E-state index contributed by atoms with van der Waals surface area (Å²) in [6.07, 6.45) is 0. The van der Waals surface area contributed by atoms with Gasteiger partial charge in [0.2, 0.25) is 0 Å². The summed E-state index contributed by atoms with van der Waals surface area (Å²) in [4.78, 5) is 0. The van der Waals surface area contributed by atoms with Gasteiger partial charge < -0.3 is 20.3 Å². The average Bonchev–Trinajstić information content (AvgIpc) is 2.26. The van der Waals surface area contributed by atoms with Gasteiger partial charge in [0.1, 0.15) is 11.5 Å². The molecule has 0 unspecified atom stereocenters. The van der Waals surface area contributed by atoms with Crippen molar-refractivity contribution in [1.82, 2.24) is 0 Å². The Morgan fingerprint density at radius 3 is 2.53 bits per heavy atom. The van der Waals surface area contributed by atoms with Gasteiger partial charge in [-0.05, 0) is 6.07 Å². The van der Waals surface area contributed by atoms with Crippen molar-refractivity contribution >= 4 is 15.9 Å². The summed E-state index contributed by atoms with van der Waals surface area (Å²) in [6, 6.07) is 3.04. The highest BCUT2D eigenvalue weighted by Gasteiger charge is 2.16. The molecule has 0 aromatic heterocycles. The van der Waals surface area contributed by atoms with Gasteiger partial charge in [-0.25, -0.2) is 0 Å². The molecule has 1 aromatic rings. The Bertz CT molecular complexity index is 344. The molecule has 4 nitrogen and oxygen atoms in total. The second-order valence-electron chi connectivity index (χ2n) is 3.01. The van der Waals surface area contributed by atoms with Crippen LogP contribution in [-0.4, -0.2) is 25.9 Å². The van der Waals surface area contributed by atoms with Crippen LogP contribution < -0.4 is 15.2 Å². The van der Waals surface area contributed by atoms with Crippen molar-refractivity contribution in [2.24, 2.45) is 5.73 Å². The normalized spacial score (nSPS) is 12.3. The van der Waals surface area contributed by atoms with E-state index in [9.17, 15) is 0 Å². The Labute approximate surface area is 97.1 Å². The van der Waals surface area contributed by atoms with E-state index in [0.717, 1.165) is 10.0 Å². The zero-order valence-electron chi connectivity index (χ0n) is 8.66. The Balaban J connectivity index is 3.24. The van der Waals surface area contributed by atoms with Crippen molar-refractivity contribution in [2.45, 2.75) is 6.04 Å². The smallest absolute Gasteiger partial charge is 0.128 e. The largest absolute Gasteiger partial charge is 0.497 e. The van der Waals surface area contributed by atoms with Gasteiger partial charge in [0.05, 0.1) is 26.9 Å². The highest BCUT2D eigenvalue weighted by Crippen LogP contribution is 2.35. The first-order valence-electron chi connectivity index (χ1n) is 4.41. The summed E-state index contributed by atoms with van der Waals surface area (Å²) >= 11 is 3.37. The van der Waals surface area contributed by atoms with Crippen LogP contribution >= 0.6 is 15.9 Å². The molecule has 0 heterocycles. The molecule has 0 saturated heterocycles. The van der Waals surface area contributed by atoms with Crippen LogP contribution in [0.4, 0.5) is 0 Å². The molecule has 0 aliphatic heterocycles. The van der Waals surface area contributed by atoms with E-state index in [1.54, 1.807) is 26.4 Å². The van der Waals surface area contributed by atoms with Crippen molar-refractivity contribution in [3.63, 3.8) is 0 Å². The van der Waals surface area contributed by atoms with Crippen LogP contribution in [-0.2, 0) is 0 Å². The molecule has 3 N–H and O–H groups in total. The molecule has 0 saturated carbocycles. The van der Waals surface area contributed by atoms with Gasteiger partial charge in [-0.1, -0.05) is 15.9 Å². The lowest BCUT2D eigenvalue weighted by molar-refractivity contribution is 0.264. The van der Waals surface area contributed by atoms with Crippen molar-refractivity contribution < 1.29 is 14.6 Å². The molecule has 0 spiro atoms. The average molecular weight is 276 g/mol. The van der Waals surface area contributed by atoms with Crippen LogP contribution in [0.15, 0.2) is 16.6 Å². The molecular weight excluding hydrogens is 262 g/mol. The Morgan fingerprint density at radius 1 is 1.40 bits per heavy atom. The molecule has 0 aliphatic rings. The molecule has 1 aromatic carbocycles. The minimum absolute atomic E-state index is 0.138. The van der Waals surface area contributed by atoms with Gasteiger partial charge in [-0.15, -0.1) is 0 Å². The minimum Gasteiger partial charge on any atom is -0.497 e. The van der Waals surface area contributed by atoms with Gasteiger partial charge >= 0.3 is 0 Å². The maximum absolute atomic E-state index is 9.03. The molecule has 15 heavy (non-hydrogen) atoms. The number of ether oxygens (including phenoxy) is 2. The van der Waals surface area contributed by atoms with Gasteiger partial charge in [0.25, 0.3) is 0 Å². The van der Waals surface area contributed by atoms with Crippen molar-refractivity contribution in [3.05, 3.63) is 22.2 Å². The van der Waals surface area contributed by atoms with Crippen LogP contribution in [0.2, 0.25) is 0 Å². The van der Waals surface area contributed by atoms with E-state index in [4.69, 9.17) is 20.3 Å². The van der Waals surface area contributed by atoms with Crippen LogP contribution in [0.5, 0.6) is 11.5 Å². The SMILES string of the molecule is COc1cc(Br)c([C@H](N)CO)c(OC)c1. The fraction of sp³-hybridized carbons (Fsp3) is 0.400.